The van der Waals surface area contributed by atoms with E-state index in [-0.39, 0.29) is 17.3 Å². The summed E-state index contributed by atoms with van der Waals surface area (Å²) in [6.07, 6.45) is 1.43. The fourth-order valence-electron chi connectivity index (χ4n) is 1.70. The van der Waals surface area contributed by atoms with E-state index in [2.05, 4.69) is 0 Å². The molecular formula is C8H11Cl3O. The first-order chi connectivity index (χ1) is 5.29. The molecule has 4 heteroatoms. The van der Waals surface area contributed by atoms with Crippen LogP contribution in [-0.2, 0) is 4.79 Å². The molecule has 0 bridgehead atoms. The van der Waals surface area contributed by atoms with Crippen LogP contribution >= 0.6 is 34.8 Å². The molecule has 0 amide bonds. The molecule has 2 atom stereocenters. The first-order valence-electron chi connectivity index (χ1n) is 3.81. The lowest BCUT2D eigenvalue weighted by Gasteiger charge is -2.10. The van der Waals surface area contributed by atoms with Crippen LogP contribution in [0.1, 0.15) is 20.3 Å². The molecule has 0 aliphatic heterocycles. The second-order valence-corrected chi connectivity index (χ2v) is 6.43. The van der Waals surface area contributed by atoms with Gasteiger partial charge in [0.25, 0.3) is 0 Å². The predicted molar refractivity (Wildman–Crippen MR) is 51.7 cm³/mol. The molecule has 0 N–H and O–H groups in total. The van der Waals surface area contributed by atoms with Gasteiger partial charge in [0, 0.05) is 5.92 Å². The highest BCUT2D eigenvalue weighted by molar-refractivity contribution is 6.67. The number of hydrogen-bond donors (Lipinski definition) is 0. The van der Waals surface area contributed by atoms with E-state index in [1.54, 1.807) is 0 Å². The van der Waals surface area contributed by atoms with Crippen molar-refractivity contribution in [3.63, 3.8) is 0 Å². The molecule has 0 unspecified atom stereocenters. The quantitative estimate of drug-likeness (QED) is 0.525. The van der Waals surface area contributed by atoms with Gasteiger partial charge >= 0.3 is 0 Å². The lowest BCUT2D eigenvalue weighted by atomic mass is 10.1. The van der Waals surface area contributed by atoms with E-state index in [1.165, 1.54) is 0 Å². The Hall–Kier alpha value is 0.540. The summed E-state index contributed by atoms with van der Waals surface area (Å²) in [7, 11) is 0. The summed E-state index contributed by atoms with van der Waals surface area (Å²) in [5, 5.41) is 0. The van der Waals surface area contributed by atoms with Crippen LogP contribution in [0.3, 0.4) is 0 Å². The van der Waals surface area contributed by atoms with Crippen molar-refractivity contribution in [1.82, 2.24) is 0 Å². The smallest absolute Gasteiger partial charge is 0.190 e. The van der Waals surface area contributed by atoms with E-state index in [0.717, 1.165) is 6.29 Å². The number of carbonyl (C=O) groups is 1. The third-order valence-electron chi connectivity index (χ3n) is 2.74. The Kier molecular flexibility index (Phi) is 2.69. The number of alkyl halides is 3. The van der Waals surface area contributed by atoms with Gasteiger partial charge in [0.15, 0.2) is 3.79 Å². The first kappa shape index (κ1) is 10.6. The van der Waals surface area contributed by atoms with Crippen molar-refractivity contribution in [3.8, 4) is 0 Å². The third-order valence-corrected chi connectivity index (χ3v) is 3.20. The topological polar surface area (TPSA) is 17.1 Å². The van der Waals surface area contributed by atoms with Gasteiger partial charge in [0.05, 0.1) is 0 Å². The highest BCUT2D eigenvalue weighted by Gasteiger charge is 2.59. The van der Waals surface area contributed by atoms with Crippen molar-refractivity contribution >= 4 is 41.1 Å². The van der Waals surface area contributed by atoms with Gasteiger partial charge in [0.2, 0.25) is 0 Å². The molecule has 1 aliphatic carbocycles. The van der Waals surface area contributed by atoms with Crippen LogP contribution in [0.15, 0.2) is 0 Å². The van der Waals surface area contributed by atoms with Crippen LogP contribution in [0.4, 0.5) is 0 Å². The number of rotatable bonds is 2. The highest BCUT2D eigenvalue weighted by atomic mass is 35.6. The van der Waals surface area contributed by atoms with Crippen LogP contribution in [0.5, 0.6) is 0 Å². The number of halogens is 3. The van der Waals surface area contributed by atoms with E-state index in [1.807, 2.05) is 13.8 Å². The predicted octanol–water partition coefficient (Wildman–Crippen LogP) is 3.22. The Bertz CT molecular complexity index is 195. The fraction of sp³-hybridized carbons (Fsp3) is 0.875. The van der Waals surface area contributed by atoms with Gasteiger partial charge < -0.3 is 4.79 Å². The van der Waals surface area contributed by atoms with Crippen molar-refractivity contribution in [3.05, 3.63) is 0 Å². The monoisotopic (exact) mass is 228 g/mol. The highest BCUT2D eigenvalue weighted by Crippen LogP contribution is 2.61. The van der Waals surface area contributed by atoms with E-state index < -0.39 is 3.79 Å². The van der Waals surface area contributed by atoms with Gasteiger partial charge in [-0.15, -0.1) is 0 Å². The molecule has 1 aliphatic rings. The number of hydrogen-bond acceptors (Lipinski definition) is 1. The Labute approximate surface area is 87.4 Å². The summed E-state index contributed by atoms with van der Waals surface area (Å²) in [5.41, 5.74) is 0.0195. The molecule has 1 saturated carbocycles. The van der Waals surface area contributed by atoms with E-state index in [0.29, 0.717) is 6.42 Å². The van der Waals surface area contributed by atoms with Gasteiger partial charge in [-0.3, -0.25) is 0 Å². The van der Waals surface area contributed by atoms with Gasteiger partial charge in [-0.05, 0) is 17.8 Å². The zero-order chi connectivity index (χ0) is 9.57. The normalized spacial score (nSPS) is 33.1. The molecule has 70 valence electrons. The average molecular weight is 230 g/mol. The van der Waals surface area contributed by atoms with Crippen molar-refractivity contribution in [2.24, 2.45) is 17.3 Å². The summed E-state index contributed by atoms with van der Waals surface area (Å²) in [5.74, 6) is 0.288. The fourth-order valence-corrected chi connectivity index (χ4v) is 2.19. The molecule has 0 aromatic carbocycles. The molecule has 1 nitrogen and oxygen atoms in total. The summed E-state index contributed by atoms with van der Waals surface area (Å²) >= 11 is 16.9. The van der Waals surface area contributed by atoms with Crippen molar-refractivity contribution < 1.29 is 4.79 Å². The Morgan fingerprint density at radius 3 is 2.17 bits per heavy atom. The van der Waals surface area contributed by atoms with E-state index >= 15 is 0 Å². The number of carbonyl (C=O) groups excluding carboxylic acids is 1. The molecule has 0 radical (unpaired) electrons. The molecule has 12 heavy (non-hydrogen) atoms. The minimum absolute atomic E-state index is 0.0195. The molecule has 0 aromatic heterocycles. The van der Waals surface area contributed by atoms with Crippen LogP contribution in [0, 0.1) is 17.3 Å². The minimum atomic E-state index is -1.22. The summed E-state index contributed by atoms with van der Waals surface area (Å²) in [6, 6.07) is 0. The van der Waals surface area contributed by atoms with Crippen molar-refractivity contribution in [2.75, 3.05) is 0 Å². The maximum absolute atomic E-state index is 10.5. The molecule has 0 heterocycles. The third kappa shape index (κ3) is 2.07. The summed E-state index contributed by atoms with van der Waals surface area (Å²) < 4.78 is -1.22. The zero-order valence-corrected chi connectivity index (χ0v) is 9.25. The SMILES string of the molecule is CC1(C)[C@H](C=O)[C@H]1CC(Cl)(Cl)Cl. The summed E-state index contributed by atoms with van der Waals surface area (Å²) in [4.78, 5) is 10.5. The molecular weight excluding hydrogens is 218 g/mol. The molecule has 1 fully saturated rings. The Morgan fingerprint density at radius 2 is 1.92 bits per heavy atom. The molecule has 0 saturated heterocycles. The van der Waals surface area contributed by atoms with Gasteiger partial charge in [-0.25, -0.2) is 0 Å². The second kappa shape index (κ2) is 3.04. The maximum Gasteiger partial charge on any atom is 0.190 e. The second-order valence-electron chi connectivity index (χ2n) is 3.91. The molecule has 0 aromatic rings. The largest absolute Gasteiger partial charge is 0.303 e. The first-order valence-corrected chi connectivity index (χ1v) is 4.94. The van der Waals surface area contributed by atoms with Gasteiger partial charge in [-0.2, -0.15) is 0 Å². The Balaban J connectivity index is 2.53. The lowest BCUT2D eigenvalue weighted by Crippen LogP contribution is -2.05. The van der Waals surface area contributed by atoms with Crippen LogP contribution in [0.25, 0.3) is 0 Å². The molecule has 0 spiro atoms. The van der Waals surface area contributed by atoms with Crippen molar-refractivity contribution in [2.45, 2.75) is 24.1 Å². The molecule has 1 rings (SSSR count). The maximum atomic E-state index is 10.5. The van der Waals surface area contributed by atoms with E-state index in [9.17, 15) is 4.79 Å². The van der Waals surface area contributed by atoms with E-state index in [4.69, 9.17) is 34.8 Å². The summed E-state index contributed by atoms with van der Waals surface area (Å²) in [6.45, 7) is 4.04. The average Bonchev–Trinajstić information content (AvgIpc) is 2.30. The number of aldehydes is 1. The van der Waals surface area contributed by atoms with Gasteiger partial charge in [-0.1, -0.05) is 48.7 Å². The van der Waals surface area contributed by atoms with Crippen molar-refractivity contribution in [1.29, 1.82) is 0 Å². The lowest BCUT2D eigenvalue weighted by molar-refractivity contribution is -0.109. The van der Waals surface area contributed by atoms with Crippen LogP contribution in [-0.4, -0.2) is 10.1 Å². The standard InChI is InChI=1S/C8H11Cl3O/c1-7(2)5(6(7)4-12)3-8(9,10)11/h4-6H,3H2,1-2H3/t5-,6-/m1/s1. The van der Waals surface area contributed by atoms with Crippen LogP contribution in [0.2, 0.25) is 0 Å². The zero-order valence-electron chi connectivity index (χ0n) is 6.98. The van der Waals surface area contributed by atoms with Crippen LogP contribution < -0.4 is 0 Å². The minimum Gasteiger partial charge on any atom is -0.303 e. The Morgan fingerprint density at radius 1 is 1.42 bits per heavy atom. The van der Waals surface area contributed by atoms with Gasteiger partial charge in [0.1, 0.15) is 6.29 Å².